The van der Waals surface area contributed by atoms with Crippen LogP contribution in [0.2, 0.25) is 0 Å². The van der Waals surface area contributed by atoms with Crippen LogP contribution in [-0.2, 0) is 6.42 Å². The quantitative estimate of drug-likeness (QED) is 0.445. The zero-order chi connectivity index (χ0) is 22.2. The second-order valence-electron chi connectivity index (χ2n) is 7.16. The maximum absolute atomic E-state index is 12.2. The lowest BCUT2D eigenvalue weighted by Crippen LogP contribution is -2.23. The summed E-state index contributed by atoms with van der Waals surface area (Å²) in [6, 6.07) is 17.0. The third-order valence-corrected chi connectivity index (χ3v) is 4.95. The normalized spacial score (nSPS) is 10.5. The van der Waals surface area contributed by atoms with Crippen LogP contribution in [0.3, 0.4) is 0 Å². The third-order valence-electron chi connectivity index (χ3n) is 4.95. The summed E-state index contributed by atoms with van der Waals surface area (Å²) in [6.07, 6.45) is 0.970. The van der Waals surface area contributed by atoms with Crippen molar-refractivity contribution in [1.29, 1.82) is 0 Å². The van der Waals surface area contributed by atoms with Gasteiger partial charge in [0.15, 0.2) is 0 Å². The molecule has 0 spiro atoms. The summed E-state index contributed by atoms with van der Waals surface area (Å²) in [5, 5.41) is 9.00. The molecule has 0 atom stereocenters. The molecule has 3 N–H and O–H groups in total. The fourth-order valence-corrected chi connectivity index (χ4v) is 3.23. The second-order valence-corrected chi connectivity index (χ2v) is 7.16. The van der Waals surface area contributed by atoms with Gasteiger partial charge in [0, 0.05) is 36.2 Å². The minimum absolute atomic E-state index is 0.278. The van der Waals surface area contributed by atoms with Crippen molar-refractivity contribution >= 4 is 34.7 Å². The number of anilines is 5. The van der Waals surface area contributed by atoms with Gasteiger partial charge < -0.3 is 20.9 Å². The van der Waals surface area contributed by atoms with Crippen molar-refractivity contribution < 1.29 is 4.79 Å². The van der Waals surface area contributed by atoms with Crippen molar-refractivity contribution in [3.63, 3.8) is 0 Å². The Bertz CT molecular complexity index is 998. The van der Waals surface area contributed by atoms with E-state index in [1.54, 1.807) is 0 Å². The van der Waals surface area contributed by atoms with Crippen LogP contribution in [-0.4, -0.2) is 29.1 Å². The molecule has 0 saturated carbocycles. The van der Waals surface area contributed by atoms with Crippen molar-refractivity contribution in [2.45, 2.75) is 34.1 Å². The molecule has 162 valence electrons. The molecule has 0 aliphatic heterocycles. The SMILES string of the molecule is CCc1ccc(NC(=O)Nc2ccc(Nc3cc(N(CC)CC)nc(C)n3)cc2)cc1. The molecular formula is C24H30N6O. The number of amides is 2. The third kappa shape index (κ3) is 6.18. The molecule has 3 aromatic rings. The van der Waals surface area contributed by atoms with Gasteiger partial charge in [0.25, 0.3) is 0 Å². The molecule has 0 bridgehead atoms. The van der Waals surface area contributed by atoms with E-state index in [9.17, 15) is 4.79 Å². The Kier molecular flexibility index (Phi) is 7.43. The lowest BCUT2D eigenvalue weighted by molar-refractivity contribution is 0.262. The first kappa shape index (κ1) is 22.1. The molecule has 0 unspecified atom stereocenters. The van der Waals surface area contributed by atoms with Crippen LogP contribution >= 0.6 is 0 Å². The standard InChI is InChI=1S/C24H30N6O/c1-5-18-8-10-20(11-9-18)28-24(31)29-21-14-12-19(13-15-21)27-22-16-23(26-17(4)25-22)30(6-2)7-3/h8-16H,5-7H2,1-4H3,(H,25,26,27)(H2,28,29,31). The Morgan fingerprint density at radius 1 is 0.839 bits per heavy atom. The number of urea groups is 1. The van der Waals surface area contributed by atoms with E-state index in [-0.39, 0.29) is 6.03 Å². The lowest BCUT2D eigenvalue weighted by Gasteiger charge is -2.20. The number of benzene rings is 2. The molecule has 2 amide bonds. The summed E-state index contributed by atoms with van der Waals surface area (Å²) in [5.41, 5.74) is 3.58. The Morgan fingerprint density at radius 2 is 1.39 bits per heavy atom. The number of carbonyl (C=O) groups excluding carboxylic acids is 1. The van der Waals surface area contributed by atoms with E-state index in [0.717, 1.165) is 42.5 Å². The van der Waals surface area contributed by atoms with Gasteiger partial charge in [0.2, 0.25) is 0 Å². The molecular weight excluding hydrogens is 388 g/mol. The monoisotopic (exact) mass is 418 g/mol. The van der Waals surface area contributed by atoms with Crippen molar-refractivity contribution in [3.05, 3.63) is 66.0 Å². The van der Waals surface area contributed by atoms with Crippen molar-refractivity contribution in [3.8, 4) is 0 Å². The molecule has 7 nitrogen and oxygen atoms in total. The van der Waals surface area contributed by atoms with Crippen LogP contribution in [0.25, 0.3) is 0 Å². The van der Waals surface area contributed by atoms with Gasteiger partial charge in [-0.25, -0.2) is 14.8 Å². The Morgan fingerprint density at radius 3 is 1.94 bits per heavy atom. The van der Waals surface area contributed by atoms with Gasteiger partial charge in [-0.2, -0.15) is 0 Å². The summed E-state index contributed by atoms with van der Waals surface area (Å²) >= 11 is 0. The minimum atomic E-state index is -0.278. The van der Waals surface area contributed by atoms with E-state index in [0.29, 0.717) is 11.5 Å². The zero-order valence-corrected chi connectivity index (χ0v) is 18.6. The number of nitrogens with one attached hydrogen (secondary N) is 3. The van der Waals surface area contributed by atoms with Crippen LogP contribution in [0.15, 0.2) is 54.6 Å². The molecule has 31 heavy (non-hydrogen) atoms. The average molecular weight is 419 g/mol. The molecule has 0 aliphatic rings. The lowest BCUT2D eigenvalue weighted by atomic mass is 10.1. The van der Waals surface area contributed by atoms with Crippen LogP contribution in [0.1, 0.15) is 32.2 Å². The van der Waals surface area contributed by atoms with Gasteiger partial charge in [-0.3, -0.25) is 0 Å². The molecule has 0 fully saturated rings. The van der Waals surface area contributed by atoms with E-state index in [1.165, 1.54) is 5.56 Å². The highest BCUT2D eigenvalue weighted by atomic mass is 16.2. The average Bonchev–Trinajstić information content (AvgIpc) is 2.76. The summed E-state index contributed by atoms with van der Waals surface area (Å²) in [4.78, 5) is 23.4. The van der Waals surface area contributed by atoms with Gasteiger partial charge in [0.1, 0.15) is 17.5 Å². The number of aromatic nitrogens is 2. The minimum Gasteiger partial charge on any atom is -0.357 e. The molecule has 0 aliphatic carbocycles. The Balaban J connectivity index is 1.61. The highest BCUT2D eigenvalue weighted by Crippen LogP contribution is 2.21. The van der Waals surface area contributed by atoms with Gasteiger partial charge in [-0.1, -0.05) is 19.1 Å². The largest absolute Gasteiger partial charge is 0.357 e. The second kappa shape index (κ2) is 10.4. The molecule has 3 rings (SSSR count). The number of aryl methyl sites for hydroxylation is 2. The number of hydrogen-bond acceptors (Lipinski definition) is 5. The summed E-state index contributed by atoms with van der Waals surface area (Å²) in [6.45, 7) is 9.98. The summed E-state index contributed by atoms with van der Waals surface area (Å²) in [5.74, 6) is 2.36. The number of rotatable bonds is 8. The molecule has 1 heterocycles. The summed E-state index contributed by atoms with van der Waals surface area (Å²) < 4.78 is 0. The molecule has 2 aromatic carbocycles. The zero-order valence-electron chi connectivity index (χ0n) is 18.6. The van der Waals surface area contributed by atoms with Crippen LogP contribution in [0.5, 0.6) is 0 Å². The van der Waals surface area contributed by atoms with E-state index in [2.05, 4.69) is 51.6 Å². The first-order valence-electron chi connectivity index (χ1n) is 10.6. The maximum Gasteiger partial charge on any atom is 0.323 e. The number of nitrogens with zero attached hydrogens (tertiary/aromatic N) is 3. The highest BCUT2D eigenvalue weighted by molar-refractivity contribution is 5.99. The molecule has 0 saturated heterocycles. The first-order chi connectivity index (χ1) is 15.0. The Hall–Kier alpha value is -3.61. The van der Waals surface area contributed by atoms with E-state index in [4.69, 9.17) is 0 Å². The number of hydrogen-bond donors (Lipinski definition) is 3. The molecule has 0 radical (unpaired) electrons. The predicted octanol–water partition coefficient (Wildman–Crippen LogP) is 5.58. The van der Waals surface area contributed by atoms with Crippen molar-refractivity contribution in [2.24, 2.45) is 0 Å². The van der Waals surface area contributed by atoms with Crippen LogP contribution < -0.4 is 20.9 Å². The van der Waals surface area contributed by atoms with Crippen molar-refractivity contribution in [1.82, 2.24) is 9.97 Å². The number of carbonyl (C=O) groups is 1. The van der Waals surface area contributed by atoms with Gasteiger partial charge in [0.05, 0.1) is 0 Å². The fraction of sp³-hybridized carbons (Fsp3) is 0.292. The van der Waals surface area contributed by atoms with E-state index in [1.807, 2.05) is 61.5 Å². The van der Waals surface area contributed by atoms with Gasteiger partial charge in [-0.15, -0.1) is 0 Å². The van der Waals surface area contributed by atoms with Crippen LogP contribution in [0, 0.1) is 6.92 Å². The van der Waals surface area contributed by atoms with Crippen LogP contribution in [0.4, 0.5) is 33.5 Å². The van der Waals surface area contributed by atoms with E-state index >= 15 is 0 Å². The first-order valence-corrected chi connectivity index (χ1v) is 10.6. The molecule has 1 aromatic heterocycles. The predicted molar refractivity (Wildman–Crippen MR) is 129 cm³/mol. The maximum atomic E-state index is 12.2. The summed E-state index contributed by atoms with van der Waals surface area (Å²) in [7, 11) is 0. The van der Waals surface area contributed by atoms with Gasteiger partial charge >= 0.3 is 6.03 Å². The molecule has 7 heteroatoms. The fourth-order valence-electron chi connectivity index (χ4n) is 3.23. The van der Waals surface area contributed by atoms with E-state index < -0.39 is 0 Å². The smallest absolute Gasteiger partial charge is 0.323 e. The topological polar surface area (TPSA) is 82.2 Å². The Labute approximate surface area is 183 Å². The van der Waals surface area contributed by atoms with Gasteiger partial charge in [-0.05, 0) is 69.2 Å². The van der Waals surface area contributed by atoms with Crippen molar-refractivity contribution in [2.75, 3.05) is 33.9 Å². The highest BCUT2D eigenvalue weighted by Gasteiger charge is 2.08.